The van der Waals surface area contributed by atoms with Gasteiger partial charge in [-0.25, -0.2) is 0 Å². The molecule has 84 valence electrons. The lowest BCUT2D eigenvalue weighted by Crippen LogP contribution is -2.08. The molecule has 0 amide bonds. The first-order chi connectivity index (χ1) is 7.62. The van der Waals surface area contributed by atoms with Gasteiger partial charge in [-0.1, -0.05) is 6.07 Å². The van der Waals surface area contributed by atoms with E-state index in [1.165, 1.54) is 7.11 Å². The third-order valence-corrected chi connectivity index (χ3v) is 2.59. The number of hydrogen-bond donors (Lipinski definition) is 0. The summed E-state index contributed by atoms with van der Waals surface area (Å²) in [6, 6.07) is 5.70. The van der Waals surface area contributed by atoms with Gasteiger partial charge in [-0.15, -0.1) is 11.6 Å². The van der Waals surface area contributed by atoms with Crippen LogP contribution in [0.1, 0.15) is 22.3 Å². The molecule has 0 aliphatic rings. The minimum Gasteiger partial charge on any atom is -0.469 e. The Hall–Kier alpha value is -1.53. The number of carbonyl (C=O) groups is 1. The van der Waals surface area contributed by atoms with Crippen LogP contribution in [0.2, 0.25) is 0 Å². The third-order valence-electron chi connectivity index (χ3n) is 2.30. The van der Waals surface area contributed by atoms with Crippen molar-refractivity contribution in [1.82, 2.24) is 0 Å². The fourth-order valence-corrected chi connectivity index (χ4v) is 1.77. The highest BCUT2D eigenvalue weighted by Gasteiger charge is 2.13. The zero-order valence-corrected chi connectivity index (χ0v) is 9.97. The molecule has 1 aromatic carbocycles. The van der Waals surface area contributed by atoms with Crippen LogP contribution in [0.25, 0.3) is 0 Å². The van der Waals surface area contributed by atoms with Crippen molar-refractivity contribution in [2.45, 2.75) is 19.2 Å². The van der Waals surface area contributed by atoms with E-state index in [0.717, 1.165) is 11.1 Å². The van der Waals surface area contributed by atoms with E-state index in [9.17, 15) is 4.79 Å². The molecule has 0 saturated heterocycles. The molecule has 0 bridgehead atoms. The number of nitrogens with zero attached hydrogens (tertiary/aromatic N) is 1. The molecule has 4 heteroatoms. The lowest BCUT2D eigenvalue weighted by molar-refractivity contribution is -0.139. The number of rotatable bonds is 3. The summed E-state index contributed by atoms with van der Waals surface area (Å²) in [5.41, 5.74) is 2.92. The van der Waals surface area contributed by atoms with Gasteiger partial charge in [0.05, 0.1) is 25.2 Å². The number of halogens is 1. The zero-order chi connectivity index (χ0) is 12.1. The minimum atomic E-state index is -0.369. The van der Waals surface area contributed by atoms with Crippen molar-refractivity contribution in [2.24, 2.45) is 0 Å². The Morgan fingerprint density at radius 3 is 2.75 bits per heavy atom. The van der Waals surface area contributed by atoms with E-state index in [4.69, 9.17) is 16.9 Å². The van der Waals surface area contributed by atoms with Gasteiger partial charge >= 0.3 is 5.97 Å². The maximum atomic E-state index is 11.2. The van der Waals surface area contributed by atoms with Crippen LogP contribution in [-0.4, -0.2) is 13.1 Å². The predicted octanol–water partition coefficient (Wildman–Crippen LogP) is 2.32. The summed E-state index contributed by atoms with van der Waals surface area (Å²) in [7, 11) is 1.32. The van der Waals surface area contributed by atoms with E-state index in [-0.39, 0.29) is 18.3 Å². The molecule has 0 radical (unpaired) electrons. The van der Waals surface area contributed by atoms with Crippen molar-refractivity contribution in [3.63, 3.8) is 0 Å². The van der Waals surface area contributed by atoms with Crippen LogP contribution in [0.4, 0.5) is 0 Å². The van der Waals surface area contributed by atoms with Crippen molar-refractivity contribution < 1.29 is 9.53 Å². The molecule has 1 aromatic rings. The smallest absolute Gasteiger partial charge is 0.310 e. The van der Waals surface area contributed by atoms with Crippen molar-refractivity contribution in [3.05, 3.63) is 34.4 Å². The summed E-state index contributed by atoms with van der Waals surface area (Å²) < 4.78 is 4.59. The molecule has 1 rings (SSSR count). The number of carbonyl (C=O) groups excluding carboxylic acids is 1. The molecular weight excluding hydrogens is 226 g/mol. The predicted molar refractivity (Wildman–Crippen MR) is 61.2 cm³/mol. The molecule has 0 fully saturated rings. The quantitative estimate of drug-likeness (QED) is 0.599. The van der Waals surface area contributed by atoms with Crippen LogP contribution in [-0.2, 0) is 21.8 Å². The molecular formula is C12H12ClNO2. The van der Waals surface area contributed by atoms with E-state index in [1.54, 1.807) is 6.07 Å². The Labute approximate surface area is 99.6 Å². The number of aryl methyl sites for hydroxylation is 1. The number of alkyl halides is 1. The Bertz CT molecular complexity index is 449. The topological polar surface area (TPSA) is 50.1 Å². The molecule has 0 aliphatic carbocycles. The molecule has 0 saturated carbocycles. The molecule has 0 atom stereocenters. The average molecular weight is 238 g/mol. The first-order valence-electron chi connectivity index (χ1n) is 4.77. The standard InChI is InChI=1S/C12H12ClNO2/c1-8-3-9(6-13)11(5-12(15)16-2)10(4-8)7-14/h3-4H,5-6H2,1-2H3. The van der Waals surface area contributed by atoms with Crippen LogP contribution in [0.5, 0.6) is 0 Å². The molecule has 0 N–H and O–H groups in total. The van der Waals surface area contributed by atoms with Crippen molar-refractivity contribution in [3.8, 4) is 6.07 Å². The van der Waals surface area contributed by atoms with Gasteiger partial charge in [0.1, 0.15) is 0 Å². The van der Waals surface area contributed by atoms with Gasteiger partial charge in [-0.2, -0.15) is 5.26 Å². The highest BCUT2D eigenvalue weighted by atomic mass is 35.5. The zero-order valence-electron chi connectivity index (χ0n) is 9.21. The number of ether oxygens (including phenoxy) is 1. The molecule has 0 aliphatic heterocycles. The second kappa shape index (κ2) is 5.53. The molecule has 0 spiro atoms. The largest absolute Gasteiger partial charge is 0.469 e. The normalized spacial score (nSPS) is 9.62. The van der Waals surface area contributed by atoms with Crippen LogP contribution in [0.15, 0.2) is 12.1 Å². The van der Waals surface area contributed by atoms with Crippen molar-refractivity contribution >= 4 is 17.6 Å². The Kier molecular flexibility index (Phi) is 4.33. The average Bonchev–Trinajstić information content (AvgIpc) is 2.30. The highest BCUT2D eigenvalue weighted by molar-refractivity contribution is 6.17. The summed E-state index contributed by atoms with van der Waals surface area (Å²) in [4.78, 5) is 11.2. The maximum Gasteiger partial charge on any atom is 0.310 e. The monoisotopic (exact) mass is 237 g/mol. The van der Waals surface area contributed by atoms with Gasteiger partial charge in [0, 0.05) is 5.88 Å². The van der Waals surface area contributed by atoms with Crippen LogP contribution < -0.4 is 0 Å². The van der Waals surface area contributed by atoms with E-state index in [0.29, 0.717) is 11.1 Å². The van der Waals surface area contributed by atoms with Gasteiger partial charge in [0.2, 0.25) is 0 Å². The van der Waals surface area contributed by atoms with E-state index < -0.39 is 0 Å². The third kappa shape index (κ3) is 2.74. The molecule has 0 unspecified atom stereocenters. The Balaban J connectivity index is 3.23. The lowest BCUT2D eigenvalue weighted by Gasteiger charge is -2.09. The number of esters is 1. The van der Waals surface area contributed by atoms with E-state index in [1.807, 2.05) is 13.0 Å². The molecule has 0 aromatic heterocycles. The number of hydrogen-bond acceptors (Lipinski definition) is 3. The van der Waals surface area contributed by atoms with Crippen molar-refractivity contribution in [1.29, 1.82) is 5.26 Å². The summed E-state index contributed by atoms with van der Waals surface area (Å²) >= 11 is 5.80. The number of nitriles is 1. The Morgan fingerprint density at radius 1 is 1.56 bits per heavy atom. The lowest BCUT2D eigenvalue weighted by atomic mass is 9.97. The van der Waals surface area contributed by atoms with Gasteiger partial charge in [-0.05, 0) is 29.7 Å². The first-order valence-corrected chi connectivity index (χ1v) is 5.31. The number of benzene rings is 1. The highest BCUT2D eigenvalue weighted by Crippen LogP contribution is 2.20. The number of methoxy groups -OCH3 is 1. The summed E-state index contributed by atoms with van der Waals surface area (Å²) in [6.07, 6.45) is 0.0850. The minimum absolute atomic E-state index is 0.0850. The van der Waals surface area contributed by atoms with Gasteiger partial charge in [0.15, 0.2) is 0 Å². The van der Waals surface area contributed by atoms with Crippen molar-refractivity contribution in [2.75, 3.05) is 7.11 Å². The molecule has 16 heavy (non-hydrogen) atoms. The van der Waals surface area contributed by atoms with Crippen LogP contribution in [0.3, 0.4) is 0 Å². The molecule has 0 heterocycles. The Morgan fingerprint density at radius 2 is 2.25 bits per heavy atom. The summed E-state index contributed by atoms with van der Waals surface area (Å²) in [5.74, 6) is -0.0883. The fourth-order valence-electron chi connectivity index (χ4n) is 1.54. The van der Waals surface area contributed by atoms with E-state index >= 15 is 0 Å². The second-order valence-corrected chi connectivity index (χ2v) is 3.72. The van der Waals surface area contributed by atoms with E-state index in [2.05, 4.69) is 10.8 Å². The van der Waals surface area contributed by atoms with Gasteiger partial charge in [0.25, 0.3) is 0 Å². The summed E-state index contributed by atoms with van der Waals surface area (Å²) in [5, 5.41) is 9.00. The first kappa shape index (κ1) is 12.5. The van der Waals surface area contributed by atoms with Gasteiger partial charge in [-0.3, -0.25) is 4.79 Å². The fraction of sp³-hybridized carbons (Fsp3) is 0.333. The maximum absolute atomic E-state index is 11.2. The summed E-state index contributed by atoms with van der Waals surface area (Å²) in [6.45, 7) is 1.89. The van der Waals surface area contributed by atoms with Crippen LogP contribution in [0, 0.1) is 18.3 Å². The van der Waals surface area contributed by atoms with Gasteiger partial charge < -0.3 is 4.74 Å². The SMILES string of the molecule is COC(=O)Cc1c(C#N)cc(C)cc1CCl. The molecule has 3 nitrogen and oxygen atoms in total. The van der Waals surface area contributed by atoms with Crippen LogP contribution >= 0.6 is 11.6 Å². The second-order valence-electron chi connectivity index (χ2n) is 3.45.